The van der Waals surface area contributed by atoms with Crippen molar-refractivity contribution in [2.45, 2.75) is 18.2 Å². The predicted molar refractivity (Wildman–Crippen MR) is 108 cm³/mol. The van der Waals surface area contributed by atoms with E-state index in [0.717, 1.165) is 29.8 Å². The second kappa shape index (κ2) is 8.76. The van der Waals surface area contributed by atoms with E-state index < -0.39 is 28.0 Å². The molecule has 0 heterocycles. The van der Waals surface area contributed by atoms with Crippen molar-refractivity contribution < 1.29 is 30.7 Å². The molecule has 31 heavy (non-hydrogen) atoms. The zero-order valence-electron chi connectivity index (χ0n) is 16.0. The fourth-order valence-electron chi connectivity index (χ4n) is 2.52. The van der Waals surface area contributed by atoms with Crippen LogP contribution in [-0.2, 0) is 10.0 Å². The molecule has 0 spiro atoms. The number of aryl methyl sites for hydroxylation is 1. The second-order valence-electron chi connectivity index (χ2n) is 6.43. The molecule has 1 N–H and O–H groups in total. The Balaban J connectivity index is 1.96. The van der Waals surface area contributed by atoms with E-state index in [1.165, 1.54) is 36.4 Å². The van der Waals surface area contributed by atoms with Crippen LogP contribution in [-0.4, -0.2) is 20.6 Å². The van der Waals surface area contributed by atoms with Gasteiger partial charge >= 0.3 is 6.36 Å². The fraction of sp³-hybridized carbons (Fsp3) is 0.0952. The van der Waals surface area contributed by atoms with Crippen LogP contribution in [0.4, 0.5) is 23.2 Å². The van der Waals surface area contributed by atoms with Crippen molar-refractivity contribution in [1.82, 2.24) is 0 Å². The minimum atomic E-state index is -4.84. The lowest BCUT2D eigenvalue weighted by atomic mass is 10.2. The van der Waals surface area contributed by atoms with Gasteiger partial charge in [0, 0.05) is 11.3 Å². The first-order valence-electron chi connectivity index (χ1n) is 8.82. The van der Waals surface area contributed by atoms with Gasteiger partial charge in [-0.2, -0.15) is 8.42 Å². The van der Waals surface area contributed by atoms with Crippen molar-refractivity contribution >= 4 is 21.5 Å². The molecule has 0 bridgehead atoms. The van der Waals surface area contributed by atoms with E-state index in [1.807, 2.05) is 0 Å². The molecule has 5 nitrogen and oxygen atoms in total. The second-order valence-corrected chi connectivity index (χ2v) is 8.04. The maximum absolute atomic E-state index is 13.3. The van der Waals surface area contributed by atoms with Gasteiger partial charge in [-0.25, -0.2) is 4.39 Å². The molecule has 0 unspecified atom stereocenters. The number of hydrogen-bond donors (Lipinski definition) is 1. The molecule has 0 saturated heterocycles. The number of anilines is 1. The van der Waals surface area contributed by atoms with E-state index in [2.05, 4.69) is 14.5 Å². The Morgan fingerprint density at radius 2 is 1.48 bits per heavy atom. The van der Waals surface area contributed by atoms with Crippen LogP contribution in [0.15, 0.2) is 82.1 Å². The highest BCUT2D eigenvalue weighted by Gasteiger charge is 2.31. The zero-order chi connectivity index (χ0) is 22.6. The summed E-state index contributed by atoms with van der Waals surface area (Å²) in [6.45, 7) is 1.80. The fourth-order valence-corrected chi connectivity index (χ4v) is 3.49. The molecule has 3 aromatic rings. The van der Waals surface area contributed by atoms with Gasteiger partial charge in [-0.3, -0.25) is 0 Å². The van der Waals surface area contributed by atoms with E-state index in [4.69, 9.17) is 0 Å². The lowest BCUT2D eigenvalue weighted by molar-refractivity contribution is -0.274. The zero-order valence-corrected chi connectivity index (χ0v) is 16.8. The Morgan fingerprint density at radius 1 is 0.903 bits per heavy atom. The Morgan fingerprint density at radius 3 is 2.03 bits per heavy atom. The standard InChI is InChI=1S/C21H16F4N2O3S/c1-14-2-12-19(13-3-14)31(28,29)27-20(15-4-6-16(22)7-5-15)26-17-8-10-18(11-9-17)30-21(23,24)25/h2-13H,1H3,(H,26,27). The Hall–Kier alpha value is -3.40. The molecule has 0 aliphatic carbocycles. The van der Waals surface area contributed by atoms with Crippen LogP contribution in [0.3, 0.4) is 0 Å². The number of nitrogens with zero attached hydrogens (tertiary/aromatic N) is 1. The van der Waals surface area contributed by atoms with E-state index in [0.29, 0.717) is 0 Å². The summed E-state index contributed by atoms with van der Waals surface area (Å²) in [5, 5.41) is 2.75. The summed E-state index contributed by atoms with van der Waals surface area (Å²) in [6.07, 6.45) is -4.84. The molecule has 0 atom stereocenters. The molecule has 0 fully saturated rings. The van der Waals surface area contributed by atoms with Crippen molar-refractivity contribution in [2.24, 2.45) is 4.40 Å². The molecule has 3 rings (SSSR count). The normalized spacial score (nSPS) is 12.5. The average Bonchev–Trinajstić information content (AvgIpc) is 2.68. The van der Waals surface area contributed by atoms with Gasteiger partial charge in [0.2, 0.25) is 0 Å². The summed E-state index contributed by atoms with van der Waals surface area (Å²) in [7, 11) is -4.13. The number of amidine groups is 1. The monoisotopic (exact) mass is 452 g/mol. The Labute approximate surface area is 176 Å². The SMILES string of the molecule is Cc1ccc(S(=O)(=O)N=C(Nc2ccc(OC(F)(F)F)cc2)c2ccc(F)cc2)cc1. The number of nitrogens with one attached hydrogen (secondary N) is 1. The highest BCUT2D eigenvalue weighted by molar-refractivity contribution is 7.90. The molecular formula is C21H16F4N2O3S. The van der Waals surface area contributed by atoms with Gasteiger partial charge in [0.05, 0.1) is 4.90 Å². The smallest absolute Gasteiger partial charge is 0.406 e. The van der Waals surface area contributed by atoms with Crippen LogP contribution in [0.1, 0.15) is 11.1 Å². The molecule has 3 aromatic carbocycles. The van der Waals surface area contributed by atoms with Gasteiger partial charge in [-0.1, -0.05) is 17.7 Å². The maximum Gasteiger partial charge on any atom is 0.573 e. The molecule has 10 heteroatoms. The van der Waals surface area contributed by atoms with Crippen molar-refractivity contribution in [1.29, 1.82) is 0 Å². The van der Waals surface area contributed by atoms with Crippen molar-refractivity contribution in [3.63, 3.8) is 0 Å². The average molecular weight is 452 g/mol. The summed E-state index contributed by atoms with van der Waals surface area (Å²) < 4.78 is 83.4. The quantitative estimate of drug-likeness (QED) is 0.325. The largest absolute Gasteiger partial charge is 0.573 e. The highest BCUT2D eigenvalue weighted by Crippen LogP contribution is 2.24. The Bertz CT molecular complexity index is 1170. The summed E-state index contributed by atoms with van der Waals surface area (Å²) in [5.74, 6) is -1.10. The van der Waals surface area contributed by atoms with E-state index >= 15 is 0 Å². The van der Waals surface area contributed by atoms with Crippen LogP contribution in [0, 0.1) is 12.7 Å². The molecule has 0 amide bonds. The third-order valence-electron chi connectivity index (χ3n) is 4.00. The van der Waals surface area contributed by atoms with E-state index in [9.17, 15) is 26.0 Å². The van der Waals surface area contributed by atoms with Crippen LogP contribution in [0.25, 0.3) is 0 Å². The summed E-state index contributed by atoms with van der Waals surface area (Å²) in [6, 6.07) is 15.6. The van der Waals surface area contributed by atoms with Crippen LogP contribution < -0.4 is 10.1 Å². The number of halogens is 4. The minimum absolute atomic E-state index is 0.0477. The van der Waals surface area contributed by atoms with Crippen LogP contribution in [0.5, 0.6) is 5.75 Å². The number of ether oxygens (including phenoxy) is 1. The number of benzene rings is 3. The molecular weight excluding hydrogens is 436 g/mol. The van der Waals surface area contributed by atoms with Gasteiger partial charge in [0.25, 0.3) is 10.0 Å². The lowest BCUT2D eigenvalue weighted by Gasteiger charge is -2.12. The lowest BCUT2D eigenvalue weighted by Crippen LogP contribution is -2.18. The molecule has 0 aliphatic heterocycles. The number of sulfonamides is 1. The van der Waals surface area contributed by atoms with Gasteiger partial charge in [-0.15, -0.1) is 17.6 Å². The Kier molecular flexibility index (Phi) is 6.30. The molecule has 0 radical (unpaired) electrons. The number of alkyl halides is 3. The highest BCUT2D eigenvalue weighted by atomic mass is 32.2. The van der Waals surface area contributed by atoms with E-state index in [-0.39, 0.29) is 22.0 Å². The topological polar surface area (TPSA) is 67.8 Å². The summed E-state index contributed by atoms with van der Waals surface area (Å²) in [4.78, 5) is -0.0477. The maximum atomic E-state index is 13.3. The van der Waals surface area contributed by atoms with Gasteiger partial charge < -0.3 is 10.1 Å². The van der Waals surface area contributed by atoms with Crippen LogP contribution in [0.2, 0.25) is 0 Å². The minimum Gasteiger partial charge on any atom is -0.406 e. The molecule has 0 aliphatic rings. The molecule has 0 aromatic heterocycles. The number of hydrogen-bond acceptors (Lipinski definition) is 3. The predicted octanol–water partition coefficient (Wildman–Crippen LogP) is 5.28. The van der Waals surface area contributed by atoms with Crippen molar-refractivity contribution in [3.8, 4) is 5.75 Å². The first-order valence-corrected chi connectivity index (χ1v) is 10.3. The summed E-state index contributed by atoms with van der Waals surface area (Å²) in [5.41, 5.74) is 1.37. The number of rotatable bonds is 5. The van der Waals surface area contributed by atoms with Gasteiger partial charge in [-0.05, 0) is 67.6 Å². The third kappa shape index (κ3) is 6.29. The first-order chi connectivity index (χ1) is 14.5. The van der Waals surface area contributed by atoms with Gasteiger partial charge in [0.1, 0.15) is 11.6 Å². The molecule has 0 saturated carbocycles. The van der Waals surface area contributed by atoms with E-state index in [1.54, 1.807) is 19.1 Å². The molecule has 162 valence electrons. The van der Waals surface area contributed by atoms with Crippen molar-refractivity contribution in [2.75, 3.05) is 5.32 Å². The van der Waals surface area contributed by atoms with Crippen molar-refractivity contribution in [3.05, 3.63) is 89.7 Å². The van der Waals surface area contributed by atoms with Crippen LogP contribution >= 0.6 is 0 Å². The summed E-state index contributed by atoms with van der Waals surface area (Å²) >= 11 is 0. The third-order valence-corrected chi connectivity index (χ3v) is 5.29. The first kappa shape index (κ1) is 22.3. The van der Waals surface area contributed by atoms with Gasteiger partial charge in [0.15, 0.2) is 5.84 Å².